The second-order valence-electron chi connectivity index (χ2n) is 4.03. The van der Waals surface area contributed by atoms with Gasteiger partial charge in [-0.1, -0.05) is 6.08 Å². The zero-order valence-electron chi connectivity index (χ0n) is 9.57. The van der Waals surface area contributed by atoms with E-state index in [1.54, 1.807) is 12.2 Å². The molecule has 0 spiro atoms. The second-order valence-corrected chi connectivity index (χ2v) is 4.03. The summed E-state index contributed by atoms with van der Waals surface area (Å²) in [6, 6.07) is 0. The highest BCUT2D eigenvalue weighted by Crippen LogP contribution is 2.15. The molecule has 0 saturated carbocycles. The van der Waals surface area contributed by atoms with Crippen LogP contribution in [0.4, 0.5) is 0 Å². The van der Waals surface area contributed by atoms with Gasteiger partial charge in [-0.25, -0.2) is 0 Å². The smallest absolute Gasteiger partial charge is 0.145 e. The minimum Gasteiger partial charge on any atom is -0.491 e. The third-order valence-corrected chi connectivity index (χ3v) is 2.69. The van der Waals surface area contributed by atoms with Crippen molar-refractivity contribution in [3.8, 4) is 0 Å². The lowest BCUT2D eigenvalue weighted by molar-refractivity contribution is -0.153. The Balaban J connectivity index is 2.59. The first-order valence-electron chi connectivity index (χ1n) is 5.49. The maximum absolute atomic E-state index is 9.74. The number of ether oxygens (including phenoxy) is 1. The van der Waals surface area contributed by atoms with Gasteiger partial charge < -0.3 is 35.4 Å². The van der Waals surface area contributed by atoms with Gasteiger partial charge >= 0.3 is 0 Å². The fraction of sp³-hybridized carbons (Fsp3) is 0.636. The molecule has 0 aromatic rings. The monoisotopic (exact) mass is 262 g/mol. The molecule has 7 nitrogen and oxygen atoms in total. The van der Waals surface area contributed by atoms with Gasteiger partial charge in [0.25, 0.3) is 0 Å². The van der Waals surface area contributed by atoms with Crippen molar-refractivity contribution < 1.29 is 35.4 Å². The zero-order chi connectivity index (χ0) is 13.7. The van der Waals surface area contributed by atoms with Crippen molar-refractivity contribution in [2.75, 3.05) is 6.61 Å². The van der Waals surface area contributed by atoms with Crippen molar-refractivity contribution in [1.82, 2.24) is 0 Å². The van der Waals surface area contributed by atoms with Crippen molar-refractivity contribution in [1.29, 1.82) is 0 Å². The van der Waals surface area contributed by atoms with Crippen LogP contribution in [0.2, 0.25) is 0 Å². The van der Waals surface area contributed by atoms with E-state index in [0.717, 1.165) is 0 Å². The van der Waals surface area contributed by atoms with Gasteiger partial charge in [-0.2, -0.15) is 0 Å². The van der Waals surface area contributed by atoms with E-state index in [4.69, 9.17) is 14.9 Å². The van der Waals surface area contributed by atoms with Gasteiger partial charge in [0, 0.05) is 0 Å². The first-order chi connectivity index (χ1) is 8.49. The molecule has 2 unspecified atom stereocenters. The maximum atomic E-state index is 9.74. The molecule has 1 heterocycles. The van der Waals surface area contributed by atoms with E-state index < -0.39 is 43.2 Å². The van der Waals surface area contributed by atoms with E-state index in [1.807, 2.05) is 0 Å². The summed E-state index contributed by atoms with van der Waals surface area (Å²) in [6.45, 7) is -0.774. The van der Waals surface area contributed by atoms with Crippen molar-refractivity contribution in [3.05, 3.63) is 24.5 Å². The summed E-state index contributed by atoms with van der Waals surface area (Å²) in [6.07, 6.45) is -3.33. The van der Waals surface area contributed by atoms with Crippen LogP contribution >= 0.6 is 0 Å². The Morgan fingerprint density at radius 1 is 0.944 bits per heavy atom. The van der Waals surface area contributed by atoms with Gasteiger partial charge in [0.05, 0.1) is 12.9 Å². The fourth-order valence-corrected chi connectivity index (χ4v) is 1.53. The molecule has 1 aliphatic heterocycles. The molecule has 7 heteroatoms. The summed E-state index contributed by atoms with van der Waals surface area (Å²) in [5, 5.41) is 56.1. The van der Waals surface area contributed by atoms with Crippen LogP contribution < -0.4 is 0 Å². The summed E-state index contributed by atoms with van der Waals surface area (Å²) in [4.78, 5) is 0. The Kier molecular flexibility index (Phi) is 5.73. The van der Waals surface area contributed by atoms with Crippen LogP contribution in [0.25, 0.3) is 0 Å². The van der Waals surface area contributed by atoms with Gasteiger partial charge in [0.15, 0.2) is 0 Å². The van der Waals surface area contributed by atoms with Gasteiger partial charge in [-0.15, -0.1) is 0 Å². The molecule has 0 bridgehead atoms. The molecular formula is C11H18O7. The van der Waals surface area contributed by atoms with Crippen LogP contribution in [0.15, 0.2) is 24.5 Å². The second kappa shape index (κ2) is 6.83. The van der Waals surface area contributed by atoms with Crippen LogP contribution in [0.1, 0.15) is 0 Å². The molecule has 0 aliphatic carbocycles. The number of rotatable bonds is 6. The van der Waals surface area contributed by atoms with Crippen molar-refractivity contribution >= 4 is 0 Å². The number of hydrogen-bond acceptors (Lipinski definition) is 7. The molecule has 104 valence electrons. The lowest BCUT2D eigenvalue weighted by Crippen LogP contribution is -2.52. The Morgan fingerprint density at radius 2 is 1.61 bits per heavy atom. The fourth-order valence-electron chi connectivity index (χ4n) is 1.53. The molecule has 6 N–H and O–H groups in total. The highest BCUT2D eigenvalue weighted by molar-refractivity contribution is 5.10. The number of aliphatic hydroxyl groups is 6. The molecule has 0 saturated heterocycles. The summed E-state index contributed by atoms with van der Waals surface area (Å²) in [7, 11) is 0. The van der Waals surface area contributed by atoms with E-state index >= 15 is 0 Å². The van der Waals surface area contributed by atoms with Crippen LogP contribution in [0.5, 0.6) is 0 Å². The standard InChI is InChI=1S/C11H18O7/c12-5-6(13)8(14)10(16)11(17)9(15)7-3-1-2-4-18-7/h1-4,6-17H,5H2/t6-,7?,8-,9?,10+,11-/m1/s1. The average Bonchev–Trinajstić information content (AvgIpc) is 2.44. The minimum absolute atomic E-state index is 0.774. The topological polar surface area (TPSA) is 131 Å². The van der Waals surface area contributed by atoms with Crippen molar-refractivity contribution in [2.24, 2.45) is 0 Å². The largest absolute Gasteiger partial charge is 0.491 e. The minimum atomic E-state index is -1.81. The third-order valence-electron chi connectivity index (χ3n) is 2.69. The highest BCUT2D eigenvalue weighted by atomic mass is 16.5. The van der Waals surface area contributed by atoms with Gasteiger partial charge in [0.2, 0.25) is 0 Å². The first-order valence-corrected chi connectivity index (χ1v) is 5.49. The van der Waals surface area contributed by atoms with Crippen LogP contribution in [-0.2, 0) is 4.74 Å². The Bertz CT molecular complexity index is 304. The van der Waals surface area contributed by atoms with E-state index in [1.165, 1.54) is 12.3 Å². The summed E-state index contributed by atoms with van der Waals surface area (Å²) >= 11 is 0. The van der Waals surface area contributed by atoms with Crippen LogP contribution in [0, 0.1) is 0 Å². The maximum Gasteiger partial charge on any atom is 0.145 e. The average molecular weight is 262 g/mol. The molecule has 6 atom stereocenters. The Morgan fingerprint density at radius 3 is 2.11 bits per heavy atom. The molecule has 0 aromatic carbocycles. The van der Waals surface area contributed by atoms with Gasteiger partial charge in [0.1, 0.15) is 36.6 Å². The third kappa shape index (κ3) is 3.52. The van der Waals surface area contributed by atoms with E-state index in [2.05, 4.69) is 0 Å². The first kappa shape index (κ1) is 15.1. The SMILES string of the molecule is OC[C@@H](O)[C@@H](O)[C@H](O)[C@H](O)C(O)C1C=CC=CO1. The number of hydrogen-bond donors (Lipinski definition) is 6. The number of aliphatic hydroxyl groups excluding tert-OH is 6. The Labute approximate surface area is 104 Å². The van der Waals surface area contributed by atoms with Crippen LogP contribution in [-0.4, -0.2) is 73.9 Å². The van der Waals surface area contributed by atoms with Crippen molar-refractivity contribution in [2.45, 2.75) is 36.6 Å². The molecule has 0 fully saturated rings. The lowest BCUT2D eigenvalue weighted by atomic mass is 9.96. The zero-order valence-corrected chi connectivity index (χ0v) is 9.57. The predicted octanol–water partition coefficient (Wildman–Crippen LogP) is -2.75. The van der Waals surface area contributed by atoms with Gasteiger partial charge in [-0.05, 0) is 12.2 Å². The van der Waals surface area contributed by atoms with Crippen molar-refractivity contribution in [3.63, 3.8) is 0 Å². The van der Waals surface area contributed by atoms with E-state index in [-0.39, 0.29) is 0 Å². The lowest BCUT2D eigenvalue weighted by Gasteiger charge is -2.31. The normalized spacial score (nSPS) is 27.1. The number of allylic oxidation sites excluding steroid dienone is 2. The molecule has 1 rings (SSSR count). The van der Waals surface area contributed by atoms with Crippen LogP contribution in [0.3, 0.4) is 0 Å². The molecule has 18 heavy (non-hydrogen) atoms. The molecule has 0 aromatic heterocycles. The quantitative estimate of drug-likeness (QED) is 0.306. The Hall–Kier alpha value is -0.960. The van der Waals surface area contributed by atoms with E-state index in [0.29, 0.717) is 0 Å². The molecule has 1 aliphatic rings. The summed E-state index contributed by atoms with van der Waals surface area (Å²) in [5.74, 6) is 0. The summed E-state index contributed by atoms with van der Waals surface area (Å²) in [5.41, 5.74) is 0. The van der Waals surface area contributed by atoms with Gasteiger partial charge in [-0.3, -0.25) is 0 Å². The van der Waals surface area contributed by atoms with E-state index in [9.17, 15) is 20.4 Å². The predicted molar refractivity (Wildman–Crippen MR) is 60.3 cm³/mol. The summed E-state index contributed by atoms with van der Waals surface area (Å²) < 4.78 is 5.00. The highest BCUT2D eigenvalue weighted by Gasteiger charge is 2.37. The molecule has 0 amide bonds. The molecular weight excluding hydrogens is 244 g/mol. The molecule has 0 radical (unpaired) electrons.